The number of benzene rings is 1. The molecular formula is C17H25NO4. The second-order valence-corrected chi connectivity index (χ2v) is 6.41. The van der Waals surface area contributed by atoms with Crippen molar-refractivity contribution >= 4 is 11.9 Å². The molecule has 0 radical (unpaired) electrons. The van der Waals surface area contributed by atoms with Gasteiger partial charge in [0.2, 0.25) is 0 Å². The van der Waals surface area contributed by atoms with Crippen molar-refractivity contribution in [3.8, 4) is 5.75 Å². The van der Waals surface area contributed by atoms with Crippen LogP contribution in [0.1, 0.15) is 46.2 Å². The van der Waals surface area contributed by atoms with Gasteiger partial charge in [0.05, 0.1) is 7.11 Å². The fourth-order valence-corrected chi connectivity index (χ4v) is 1.87. The lowest BCUT2D eigenvalue weighted by molar-refractivity contribution is -0.124. The minimum absolute atomic E-state index is 0.0731. The van der Waals surface area contributed by atoms with Crippen molar-refractivity contribution in [2.75, 3.05) is 7.11 Å². The van der Waals surface area contributed by atoms with Crippen molar-refractivity contribution in [1.82, 2.24) is 5.32 Å². The highest BCUT2D eigenvalue weighted by atomic mass is 16.6. The molecule has 1 rings (SSSR count). The summed E-state index contributed by atoms with van der Waals surface area (Å²) in [4.78, 5) is 24.4. The van der Waals surface area contributed by atoms with Gasteiger partial charge in [0.25, 0.3) is 0 Å². The number of methoxy groups -OCH3 is 1. The van der Waals surface area contributed by atoms with E-state index in [1.54, 1.807) is 66.0 Å². The Hall–Kier alpha value is -2.04. The van der Waals surface area contributed by atoms with E-state index in [4.69, 9.17) is 9.47 Å². The second kappa shape index (κ2) is 7.29. The molecule has 0 saturated carbocycles. The number of rotatable bonds is 5. The van der Waals surface area contributed by atoms with Crippen molar-refractivity contribution in [2.45, 2.75) is 46.3 Å². The molecule has 0 saturated heterocycles. The molecule has 0 aliphatic heterocycles. The summed E-state index contributed by atoms with van der Waals surface area (Å²) in [6.07, 6.45) is -0.609. The molecule has 5 heteroatoms. The number of carbonyl (C=O) groups is 2. The maximum atomic E-state index is 12.4. The molecule has 5 nitrogen and oxygen atoms in total. The molecule has 0 spiro atoms. The molecule has 0 fully saturated rings. The van der Waals surface area contributed by atoms with Crippen LogP contribution in [0.3, 0.4) is 0 Å². The van der Waals surface area contributed by atoms with Gasteiger partial charge in [0, 0.05) is 5.92 Å². The molecule has 0 aromatic heterocycles. The number of ether oxygens (including phenoxy) is 2. The number of alkyl carbamates (subject to hydrolysis) is 1. The Morgan fingerprint density at radius 1 is 1.09 bits per heavy atom. The summed E-state index contributed by atoms with van der Waals surface area (Å²) in [6.45, 7) is 8.93. The van der Waals surface area contributed by atoms with E-state index in [-0.39, 0.29) is 11.7 Å². The minimum atomic E-state index is -0.735. The van der Waals surface area contributed by atoms with Crippen LogP contribution in [-0.2, 0) is 9.53 Å². The smallest absolute Gasteiger partial charge is 0.408 e. The number of carbonyl (C=O) groups excluding carboxylic acids is 2. The SMILES string of the molecule is COc1ccc([C@@H](NC(=O)OC(C)(C)C)C(=O)C(C)C)cc1. The zero-order valence-corrected chi connectivity index (χ0v) is 14.1. The van der Waals surface area contributed by atoms with E-state index in [0.717, 1.165) is 0 Å². The largest absolute Gasteiger partial charge is 0.497 e. The van der Waals surface area contributed by atoms with Crippen LogP contribution < -0.4 is 10.1 Å². The standard InChI is InChI=1S/C17H25NO4/c1-11(2)15(19)14(18-16(20)22-17(3,4)5)12-7-9-13(21-6)10-8-12/h7-11,14H,1-6H3,(H,18,20)/t14-/m1/s1. The fraction of sp³-hybridized carbons (Fsp3) is 0.529. The zero-order valence-electron chi connectivity index (χ0n) is 14.1. The predicted octanol–water partition coefficient (Wildman–Crippen LogP) is 3.49. The lowest BCUT2D eigenvalue weighted by atomic mass is 9.95. The van der Waals surface area contributed by atoms with Crippen molar-refractivity contribution in [2.24, 2.45) is 5.92 Å². The monoisotopic (exact) mass is 307 g/mol. The normalized spacial score (nSPS) is 12.7. The van der Waals surface area contributed by atoms with Crippen molar-refractivity contribution in [3.63, 3.8) is 0 Å². The Bertz CT molecular complexity index is 514. The molecular weight excluding hydrogens is 282 g/mol. The van der Waals surface area contributed by atoms with E-state index >= 15 is 0 Å². The van der Waals surface area contributed by atoms with Crippen LogP contribution in [0, 0.1) is 5.92 Å². The van der Waals surface area contributed by atoms with E-state index in [1.807, 2.05) is 0 Å². The Labute approximate surface area is 132 Å². The van der Waals surface area contributed by atoms with Crippen molar-refractivity contribution < 1.29 is 19.1 Å². The van der Waals surface area contributed by atoms with E-state index in [9.17, 15) is 9.59 Å². The Morgan fingerprint density at radius 2 is 1.64 bits per heavy atom. The van der Waals surface area contributed by atoms with Gasteiger partial charge in [-0.25, -0.2) is 4.79 Å². The van der Waals surface area contributed by atoms with Gasteiger partial charge < -0.3 is 14.8 Å². The lowest BCUT2D eigenvalue weighted by Crippen LogP contribution is -2.39. The molecule has 1 atom stereocenters. The summed E-state index contributed by atoms with van der Waals surface area (Å²) in [6, 6.07) is 6.31. The maximum absolute atomic E-state index is 12.4. The fourth-order valence-electron chi connectivity index (χ4n) is 1.87. The first-order valence-corrected chi connectivity index (χ1v) is 7.31. The van der Waals surface area contributed by atoms with Crippen LogP contribution in [0.5, 0.6) is 5.75 Å². The van der Waals surface area contributed by atoms with Crippen molar-refractivity contribution in [3.05, 3.63) is 29.8 Å². The highest BCUT2D eigenvalue weighted by Crippen LogP contribution is 2.22. The van der Waals surface area contributed by atoms with Crippen LogP contribution in [-0.4, -0.2) is 24.6 Å². The molecule has 0 unspecified atom stereocenters. The van der Waals surface area contributed by atoms with Crippen LogP contribution in [0.25, 0.3) is 0 Å². The third kappa shape index (κ3) is 5.39. The third-order valence-electron chi connectivity index (χ3n) is 2.96. The first kappa shape index (κ1) is 18.0. The zero-order chi connectivity index (χ0) is 16.9. The topological polar surface area (TPSA) is 64.6 Å². The van der Waals surface area contributed by atoms with Crippen molar-refractivity contribution in [1.29, 1.82) is 0 Å². The lowest BCUT2D eigenvalue weighted by Gasteiger charge is -2.24. The molecule has 0 bridgehead atoms. The molecule has 0 aliphatic carbocycles. The third-order valence-corrected chi connectivity index (χ3v) is 2.96. The van der Waals surface area contributed by atoms with Gasteiger partial charge in [0.15, 0.2) is 5.78 Å². The molecule has 122 valence electrons. The quantitative estimate of drug-likeness (QED) is 0.904. The Morgan fingerprint density at radius 3 is 2.05 bits per heavy atom. The van der Waals surface area contributed by atoms with Gasteiger partial charge in [-0.3, -0.25) is 4.79 Å². The van der Waals surface area contributed by atoms with Gasteiger partial charge in [-0.15, -0.1) is 0 Å². The highest BCUT2D eigenvalue weighted by molar-refractivity contribution is 5.89. The van der Waals surface area contributed by atoms with E-state index in [1.165, 1.54) is 0 Å². The minimum Gasteiger partial charge on any atom is -0.497 e. The number of nitrogens with one attached hydrogen (secondary N) is 1. The highest BCUT2D eigenvalue weighted by Gasteiger charge is 2.27. The summed E-state index contributed by atoms with van der Waals surface area (Å²) < 4.78 is 10.3. The second-order valence-electron chi connectivity index (χ2n) is 6.41. The first-order valence-electron chi connectivity index (χ1n) is 7.31. The van der Waals surface area contributed by atoms with E-state index in [0.29, 0.717) is 11.3 Å². The molecule has 1 aromatic rings. The Balaban J connectivity index is 2.97. The summed E-state index contributed by atoms with van der Waals surface area (Å²) in [5.74, 6) is 0.412. The molecule has 1 N–H and O–H groups in total. The van der Waals surface area contributed by atoms with Gasteiger partial charge in [-0.05, 0) is 38.5 Å². The van der Waals surface area contributed by atoms with Crippen LogP contribution in [0.15, 0.2) is 24.3 Å². The maximum Gasteiger partial charge on any atom is 0.408 e. The molecule has 22 heavy (non-hydrogen) atoms. The summed E-state index contributed by atoms with van der Waals surface area (Å²) in [7, 11) is 1.57. The van der Waals surface area contributed by atoms with Gasteiger partial charge in [-0.1, -0.05) is 26.0 Å². The summed E-state index contributed by atoms with van der Waals surface area (Å²) in [5, 5.41) is 2.66. The number of hydrogen-bond acceptors (Lipinski definition) is 4. The summed E-state index contributed by atoms with van der Waals surface area (Å²) >= 11 is 0. The van der Waals surface area contributed by atoms with Gasteiger partial charge in [0.1, 0.15) is 17.4 Å². The Kier molecular flexibility index (Phi) is 5.97. The average Bonchev–Trinajstić information content (AvgIpc) is 2.42. The van der Waals surface area contributed by atoms with Crippen LogP contribution in [0.2, 0.25) is 0 Å². The van der Waals surface area contributed by atoms with Crippen LogP contribution >= 0.6 is 0 Å². The number of amides is 1. The van der Waals surface area contributed by atoms with E-state index in [2.05, 4.69) is 5.32 Å². The predicted molar refractivity (Wildman–Crippen MR) is 84.9 cm³/mol. The number of ketones is 1. The van der Waals surface area contributed by atoms with Gasteiger partial charge >= 0.3 is 6.09 Å². The molecule has 1 amide bonds. The number of hydrogen-bond donors (Lipinski definition) is 1. The number of Topliss-reactive ketones (excluding diaryl/α,β-unsaturated/α-hetero) is 1. The molecule has 0 aliphatic rings. The first-order chi connectivity index (χ1) is 10.1. The average molecular weight is 307 g/mol. The van der Waals surface area contributed by atoms with Gasteiger partial charge in [-0.2, -0.15) is 0 Å². The summed E-state index contributed by atoms with van der Waals surface area (Å²) in [5.41, 5.74) is 0.0838. The van der Waals surface area contributed by atoms with E-state index < -0.39 is 17.7 Å². The molecule has 0 heterocycles. The molecule has 1 aromatic carbocycles. The van der Waals surface area contributed by atoms with Crippen LogP contribution in [0.4, 0.5) is 4.79 Å².